The standard InChI is InChI=1S/C32H37BrN6O5/c1-22(2)42-19-7-17-35-38-31(41)32(21-24-9-3-6-12-28(24)37-39-34)29(26-10-4-5-11-27(26)33)44-30(36-32)23-13-15-25(16-14-23)43-20-8-18-40/h3-6,9-16,22,29,35,40H,7-8,17-21H2,1-2H3,(H,38,41)/t29-,32-/m0/s1. The molecule has 3 N–H and O–H groups in total. The van der Waals surface area contributed by atoms with E-state index in [-0.39, 0.29) is 25.0 Å². The van der Waals surface area contributed by atoms with Crippen molar-refractivity contribution < 1.29 is 24.1 Å². The summed E-state index contributed by atoms with van der Waals surface area (Å²) in [7, 11) is 0. The maximum absolute atomic E-state index is 14.3. The summed E-state index contributed by atoms with van der Waals surface area (Å²) in [4.78, 5) is 22.3. The Kier molecular flexibility index (Phi) is 12.2. The van der Waals surface area contributed by atoms with Gasteiger partial charge in [-0.25, -0.2) is 10.4 Å². The molecule has 0 fully saturated rings. The molecule has 0 aliphatic carbocycles. The van der Waals surface area contributed by atoms with Gasteiger partial charge in [0.05, 0.1) is 12.7 Å². The Labute approximate surface area is 265 Å². The minimum Gasteiger partial charge on any atom is -0.494 e. The largest absolute Gasteiger partial charge is 0.494 e. The number of amides is 1. The lowest BCUT2D eigenvalue weighted by Gasteiger charge is -2.31. The average molecular weight is 666 g/mol. The Hall–Kier alpha value is -3.93. The fourth-order valence-electron chi connectivity index (χ4n) is 4.77. The van der Waals surface area contributed by atoms with E-state index in [0.717, 1.165) is 10.0 Å². The molecule has 0 spiro atoms. The molecule has 0 unspecified atom stereocenters. The van der Waals surface area contributed by atoms with Crippen LogP contribution in [0.4, 0.5) is 5.69 Å². The molecule has 0 bridgehead atoms. The van der Waals surface area contributed by atoms with E-state index in [4.69, 9.17) is 24.3 Å². The van der Waals surface area contributed by atoms with E-state index in [0.29, 0.717) is 55.2 Å². The molecule has 1 aliphatic heterocycles. The van der Waals surface area contributed by atoms with Crippen molar-refractivity contribution in [2.45, 2.75) is 50.9 Å². The van der Waals surface area contributed by atoms with Crippen LogP contribution in [0.2, 0.25) is 0 Å². The molecule has 0 radical (unpaired) electrons. The Balaban J connectivity index is 1.74. The van der Waals surface area contributed by atoms with E-state index in [9.17, 15) is 10.3 Å². The fourth-order valence-corrected chi connectivity index (χ4v) is 5.27. The predicted octanol–water partition coefficient (Wildman–Crippen LogP) is 6.09. The predicted molar refractivity (Wildman–Crippen MR) is 172 cm³/mol. The second-order valence-corrected chi connectivity index (χ2v) is 11.3. The van der Waals surface area contributed by atoms with Crippen molar-refractivity contribution in [3.8, 4) is 5.75 Å². The van der Waals surface area contributed by atoms with Gasteiger partial charge in [-0.05, 0) is 61.7 Å². The van der Waals surface area contributed by atoms with Crippen molar-refractivity contribution in [3.05, 3.63) is 104 Å². The van der Waals surface area contributed by atoms with Crippen molar-refractivity contribution in [1.82, 2.24) is 10.9 Å². The first-order valence-electron chi connectivity index (χ1n) is 14.5. The summed E-state index contributed by atoms with van der Waals surface area (Å²) in [5.41, 5.74) is 16.1. The number of aliphatic hydroxyl groups excluding tert-OH is 1. The third-order valence-electron chi connectivity index (χ3n) is 6.92. The Morgan fingerprint density at radius 1 is 1.11 bits per heavy atom. The first-order chi connectivity index (χ1) is 21.4. The maximum atomic E-state index is 14.3. The highest BCUT2D eigenvalue weighted by Crippen LogP contribution is 2.45. The van der Waals surface area contributed by atoms with Crippen LogP contribution in [0.25, 0.3) is 10.4 Å². The SMILES string of the molecule is CC(C)OCCCNNC(=O)[C@@]1(Cc2ccccc2N=[N+]=[N-])N=C(c2ccc(OCCCO)cc2)O[C@H]1c1ccccc1Br. The molecule has 2 atom stereocenters. The number of azide groups is 1. The highest BCUT2D eigenvalue weighted by atomic mass is 79.9. The number of ether oxygens (including phenoxy) is 3. The molecule has 0 aromatic heterocycles. The summed E-state index contributed by atoms with van der Waals surface area (Å²) >= 11 is 3.65. The highest BCUT2D eigenvalue weighted by Gasteiger charge is 2.54. The zero-order valence-corrected chi connectivity index (χ0v) is 26.4. The van der Waals surface area contributed by atoms with Crippen molar-refractivity contribution in [3.63, 3.8) is 0 Å². The van der Waals surface area contributed by atoms with Crippen LogP contribution in [0.15, 0.2) is 87.4 Å². The summed E-state index contributed by atoms with van der Waals surface area (Å²) < 4.78 is 18.6. The minimum absolute atomic E-state index is 0.0483. The second kappa shape index (κ2) is 16.2. The molecule has 1 amide bonds. The van der Waals surface area contributed by atoms with Crippen LogP contribution in [0.5, 0.6) is 5.75 Å². The molecule has 12 heteroatoms. The number of carbonyl (C=O) groups is 1. The quantitative estimate of drug-likeness (QED) is 0.0555. The van der Waals surface area contributed by atoms with Gasteiger partial charge in [-0.1, -0.05) is 63.5 Å². The Bertz CT molecular complexity index is 1480. The summed E-state index contributed by atoms with van der Waals surface area (Å²) in [5, 5.41) is 12.9. The molecule has 0 saturated heterocycles. The van der Waals surface area contributed by atoms with Gasteiger partial charge in [-0.2, -0.15) is 0 Å². The first kappa shape index (κ1) is 33.0. The summed E-state index contributed by atoms with van der Waals surface area (Å²) in [6, 6.07) is 21.9. The van der Waals surface area contributed by atoms with Gasteiger partial charge in [-0.3, -0.25) is 10.2 Å². The van der Waals surface area contributed by atoms with Gasteiger partial charge in [0.15, 0.2) is 11.6 Å². The van der Waals surface area contributed by atoms with Crippen molar-refractivity contribution in [2.75, 3.05) is 26.4 Å². The number of aliphatic imine (C=N–C) groups is 1. The van der Waals surface area contributed by atoms with Crippen LogP contribution in [0.1, 0.15) is 49.5 Å². The van der Waals surface area contributed by atoms with Crippen LogP contribution in [-0.2, 0) is 20.7 Å². The minimum atomic E-state index is -1.49. The van der Waals surface area contributed by atoms with E-state index in [1.807, 2.05) is 62.4 Å². The zero-order valence-electron chi connectivity index (χ0n) is 24.8. The lowest BCUT2D eigenvalue weighted by Crippen LogP contribution is -2.54. The van der Waals surface area contributed by atoms with E-state index in [1.54, 1.807) is 24.3 Å². The van der Waals surface area contributed by atoms with Crippen molar-refractivity contribution >= 4 is 33.4 Å². The van der Waals surface area contributed by atoms with Crippen LogP contribution < -0.4 is 15.6 Å². The molecular weight excluding hydrogens is 628 g/mol. The number of nitrogens with zero attached hydrogens (tertiary/aromatic N) is 4. The first-order valence-corrected chi connectivity index (χ1v) is 15.3. The Morgan fingerprint density at radius 2 is 1.86 bits per heavy atom. The van der Waals surface area contributed by atoms with Gasteiger partial charge < -0.3 is 19.3 Å². The number of benzene rings is 3. The molecular formula is C32H37BrN6O5. The molecule has 0 saturated carbocycles. The van der Waals surface area contributed by atoms with Crippen molar-refractivity contribution in [1.29, 1.82) is 0 Å². The van der Waals surface area contributed by atoms with Crippen LogP contribution in [-0.4, -0.2) is 54.9 Å². The summed E-state index contributed by atoms with van der Waals surface area (Å²) in [5.74, 6) is 0.522. The summed E-state index contributed by atoms with van der Waals surface area (Å²) in [6.07, 6.45) is 0.594. The average Bonchev–Trinajstić information content (AvgIpc) is 3.40. The lowest BCUT2D eigenvalue weighted by atomic mass is 9.81. The van der Waals surface area contributed by atoms with E-state index in [2.05, 4.69) is 36.8 Å². The number of carbonyl (C=O) groups excluding carboxylic acids is 1. The van der Waals surface area contributed by atoms with Crippen LogP contribution in [0.3, 0.4) is 0 Å². The van der Waals surface area contributed by atoms with Gasteiger partial charge in [0.1, 0.15) is 5.75 Å². The summed E-state index contributed by atoms with van der Waals surface area (Å²) in [6.45, 7) is 5.42. The number of hydrogen-bond acceptors (Lipinski definition) is 8. The molecule has 11 nitrogen and oxygen atoms in total. The van der Waals surface area contributed by atoms with E-state index >= 15 is 0 Å². The smallest absolute Gasteiger partial charge is 0.266 e. The highest BCUT2D eigenvalue weighted by molar-refractivity contribution is 9.10. The van der Waals surface area contributed by atoms with Gasteiger partial charge in [0.25, 0.3) is 5.91 Å². The molecule has 44 heavy (non-hydrogen) atoms. The van der Waals surface area contributed by atoms with Gasteiger partial charge >= 0.3 is 0 Å². The number of halogens is 1. The number of nitrogens with one attached hydrogen (secondary N) is 2. The van der Waals surface area contributed by atoms with Gasteiger partial charge in [0.2, 0.25) is 5.90 Å². The van der Waals surface area contributed by atoms with Gasteiger partial charge in [-0.15, -0.1) is 0 Å². The number of hydrazine groups is 1. The molecule has 4 rings (SSSR count). The fraction of sp³-hybridized carbons (Fsp3) is 0.375. The van der Waals surface area contributed by atoms with Gasteiger partial charge in [0, 0.05) is 58.8 Å². The second-order valence-electron chi connectivity index (χ2n) is 10.5. The molecule has 1 aliphatic rings. The maximum Gasteiger partial charge on any atom is 0.266 e. The van der Waals surface area contributed by atoms with E-state index < -0.39 is 17.6 Å². The molecule has 1 heterocycles. The number of aliphatic hydroxyl groups is 1. The molecule has 3 aromatic carbocycles. The number of rotatable bonds is 16. The topological polar surface area (TPSA) is 150 Å². The molecule has 232 valence electrons. The van der Waals surface area contributed by atoms with Crippen molar-refractivity contribution in [2.24, 2.45) is 10.1 Å². The Morgan fingerprint density at radius 3 is 2.59 bits per heavy atom. The number of hydrogen-bond donors (Lipinski definition) is 3. The third kappa shape index (κ3) is 8.37. The normalized spacial score (nSPS) is 17.5. The van der Waals surface area contributed by atoms with E-state index in [1.165, 1.54) is 0 Å². The monoisotopic (exact) mass is 664 g/mol. The third-order valence-corrected chi connectivity index (χ3v) is 7.64. The van der Waals surface area contributed by atoms with Crippen LogP contribution >= 0.6 is 15.9 Å². The zero-order chi connectivity index (χ0) is 31.4. The lowest BCUT2D eigenvalue weighted by molar-refractivity contribution is -0.130. The van der Waals surface area contributed by atoms with Crippen LogP contribution in [0, 0.1) is 0 Å². The molecule has 3 aromatic rings.